The maximum absolute atomic E-state index is 13.0. The zero-order valence-corrected chi connectivity index (χ0v) is 19.5. The van der Waals surface area contributed by atoms with Crippen molar-refractivity contribution in [2.45, 2.75) is 37.8 Å². The van der Waals surface area contributed by atoms with Crippen LogP contribution in [0.25, 0.3) is 0 Å². The number of rotatable bonds is 9. The number of nitrogens with zero attached hydrogens (tertiary/aromatic N) is 3. The molecule has 15 nitrogen and oxygen atoms in total. The summed E-state index contributed by atoms with van der Waals surface area (Å²) in [4.78, 5) is 69.7. The number of nitrogen functional groups attached to an aromatic ring is 1. The number of amides is 2. The smallest absolute Gasteiger partial charge is 0.352 e. The molecule has 2 aliphatic heterocycles. The number of esters is 1. The number of aliphatic carboxylic acids is 2. The second-order valence-corrected chi connectivity index (χ2v) is 8.92. The van der Waals surface area contributed by atoms with Gasteiger partial charge in [-0.1, -0.05) is 5.16 Å². The SMILES string of the molecule is CC(=O)OCC1=C(C(=O)O)N2C(=O)[C@@H](NC(=O)/C(=N\OC(C)(C)C(=O)O)c3coc(N)n3)[C@H]2SC1. The van der Waals surface area contributed by atoms with Crippen LogP contribution in [0, 0.1) is 0 Å². The van der Waals surface area contributed by atoms with Gasteiger partial charge in [0.1, 0.15) is 35.7 Å². The number of β-lactam (4-membered cyclic amide) rings is 1. The summed E-state index contributed by atoms with van der Waals surface area (Å²) in [6.07, 6.45) is 0.988. The van der Waals surface area contributed by atoms with Crippen LogP contribution in [0.15, 0.2) is 27.1 Å². The number of oxazole rings is 1. The van der Waals surface area contributed by atoms with Crippen molar-refractivity contribution in [1.29, 1.82) is 0 Å². The topological polar surface area (TPSA) is 224 Å². The van der Waals surface area contributed by atoms with E-state index in [4.69, 9.17) is 19.7 Å². The molecule has 2 atom stereocenters. The lowest BCUT2D eigenvalue weighted by Crippen LogP contribution is -2.71. The molecule has 1 saturated heterocycles. The van der Waals surface area contributed by atoms with Crippen molar-refractivity contribution in [2.75, 3.05) is 18.1 Å². The number of nitrogens with one attached hydrogen (secondary N) is 1. The molecule has 3 heterocycles. The number of nitrogens with two attached hydrogens (primary N) is 1. The minimum Gasteiger partial charge on any atom is -0.478 e. The fourth-order valence-corrected chi connectivity index (χ4v) is 4.32. The molecule has 3 rings (SSSR count). The first-order valence-electron chi connectivity index (χ1n) is 9.88. The molecule has 0 aromatic carbocycles. The molecule has 35 heavy (non-hydrogen) atoms. The predicted octanol–water partition coefficient (Wildman–Crippen LogP) is -0.858. The Morgan fingerprint density at radius 3 is 2.60 bits per heavy atom. The Morgan fingerprint density at radius 2 is 2.06 bits per heavy atom. The summed E-state index contributed by atoms with van der Waals surface area (Å²) in [6, 6.07) is -1.44. The third-order valence-electron chi connectivity index (χ3n) is 4.85. The summed E-state index contributed by atoms with van der Waals surface area (Å²) < 4.78 is 9.74. The molecule has 5 N–H and O–H groups in total. The Hall–Kier alpha value is -4.08. The van der Waals surface area contributed by atoms with Gasteiger partial charge in [-0.2, -0.15) is 4.98 Å². The highest BCUT2D eigenvalue weighted by Gasteiger charge is 2.54. The van der Waals surface area contributed by atoms with E-state index in [0.717, 1.165) is 22.9 Å². The number of carboxylic acids is 2. The van der Waals surface area contributed by atoms with Gasteiger partial charge >= 0.3 is 17.9 Å². The zero-order chi connectivity index (χ0) is 26.1. The van der Waals surface area contributed by atoms with Gasteiger partial charge in [0.25, 0.3) is 17.8 Å². The largest absolute Gasteiger partial charge is 0.478 e. The van der Waals surface area contributed by atoms with Gasteiger partial charge < -0.3 is 35.3 Å². The highest BCUT2D eigenvalue weighted by Crippen LogP contribution is 2.40. The van der Waals surface area contributed by atoms with Crippen LogP contribution in [-0.4, -0.2) is 84.9 Å². The van der Waals surface area contributed by atoms with Crippen LogP contribution < -0.4 is 11.1 Å². The van der Waals surface area contributed by atoms with Crippen molar-refractivity contribution in [1.82, 2.24) is 15.2 Å². The number of anilines is 1. The van der Waals surface area contributed by atoms with Crippen LogP contribution >= 0.6 is 11.8 Å². The highest BCUT2D eigenvalue weighted by atomic mass is 32.2. The second-order valence-electron chi connectivity index (χ2n) is 7.82. The van der Waals surface area contributed by atoms with E-state index < -0.39 is 52.5 Å². The van der Waals surface area contributed by atoms with Gasteiger partial charge in [-0.25, -0.2) is 9.59 Å². The van der Waals surface area contributed by atoms with Crippen LogP contribution in [0.1, 0.15) is 26.5 Å². The number of thioether (sulfide) groups is 1. The first kappa shape index (κ1) is 25.5. The number of hydrogen-bond acceptors (Lipinski definition) is 12. The monoisotopic (exact) mass is 511 g/mol. The number of carbonyl (C=O) groups is 5. The highest BCUT2D eigenvalue weighted by molar-refractivity contribution is 8.00. The number of aromatic nitrogens is 1. The predicted molar refractivity (Wildman–Crippen MR) is 117 cm³/mol. The second kappa shape index (κ2) is 9.65. The molecule has 1 aromatic rings. The standard InChI is InChI=1S/C19H21N5O10S/c1-7(25)32-4-8-6-35-15-11(14(27)24(15)12(8)16(28)29)22-13(26)10(9-5-33-18(20)21-9)23-34-19(2,3)17(30)31/h5,11,15H,4,6H2,1-3H3,(H2,20,21)(H,22,26)(H,28,29)(H,30,31)/b23-10-/t11-,15-/m1/s1. The summed E-state index contributed by atoms with van der Waals surface area (Å²) >= 11 is 1.16. The maximum Gasteiger partial charge on any atom is 0.352 e. The van der Waals surface area contributed by atoms with Crippen molar-refractivity contribution in [2.24, 2.45) is 5.16 Å². The molecule has 188 valence electrons. The van der Waals surface area contributed by atoms with Gasteiger partial charge in [-0.15, -0.1) is 11.8 Å². The maximum atomic E-state index is 13.0. The normalized spacial score (nSPS) is 20.0. The van der Waals surface area contributed by atoms with E-state index in [1.54, 1.807) is 0 Å². The Labute approximate surface area is 201 Å². The van der Waals surface area contributed by atoms with E-state index in [1.807, 2.05) is 0 Å². The molecular formula is C19H21N5O10S. The van der Waals surface area contributed by atoms with Crippen molar-refractivity contribution in [3.63, 3.8) is 0 Å². The molecule has 2 aliphatic rings. The van der Waals surface area contributed by atoms with E-state index in [1.165, 1.54) is 20.8 Å². The molecular weight excluding hydrogens is 490 g/mol. The summed E-state index contributed by atoms with van der Waals surface area (Å²) in [5.41, 5.74) is 2.84. The van der Waals surface area contributed by atoms with Crippen LogP contribution in [0.5, 0.6) is 0 Å². The lowest BCUT2D eigenvalue weighted by atomic mass is 10.0. The van der Waals surface area contributed by atoms with E-state index in [0.29, 0.717) is 0 Å². The summed E-state index contributed by atoms with van der Waals surface area (Å²) in [5, 5.41) is 24.1. The molecule has 0 bridgehead atoms. The Balaban J connectivity index is 1.82. The van der Waals surface area contributed by atoms with E-state index in [-0.39, 0.29) is 35.3 Å². The summed E-state index contributed by atoms with van der Waals surface area (Å²) in [7, 11) is 0. The van der Waals surface area contributed by atoms with Gasteiger partial charge in [0.2, 0.25) is 5.60 Å². The van der Waals surface area contributed by atoms with Crippen LogP contribution in [0.4, 0.5) is 6.01 Å². The molecule has 0 saturated carbocycles. The molecule has 0 spiro atoms. The van der Waals surface area contributed by atoms with E-state index in [2.05, 4.69) is 15.5 Å². The van der Waals surface area contributed by atoms with Crippen LogP contribution in [0.2, 0.25) is 0 Å². The van der Waals surface area contributed by atoms with E-state index >= 15 is 0 Å². The van der Waals surface area contributed by atoms with Crippen LogP contribution in [-0.2, 0) is 33.5 Å². The fourth-order valence-electron chi connectivity index (χ4n) is 2.99. The molecule has 1 fully saturated rings. The minimum atomic E-state index is -1.80. The average molecular weight is 511 g/mol. The Kier molecular flexibility index (Phi) is 7.04. The average Bonchev–Trinajstić information content (AvgIpc) is 3.20. The first-order chi connectivity index (χ1) is 16.3. The van der Waals surface area contributed by atoms with Gasteiger partial charge in [0.15, 0.2) is 5.71 Å². The zero-order valence-electron chi connectivity index (χ0n) is 18.6. The fraction of sp³-hybridized carbons (Fsp3) is 0.421. The van der Waals surface area contributed by atoms with Crippen molar-refractivity contribution in [3.05, 3.63) is 23.2 Å². The third kappa shape index (κ3) is 5.21. The van der Waals surface area contributed by atoms with Crippen molar-refractivity contribution >= 4 is 53.2 Å². The molecule has 2 amide bonds. The number of carboxylic acid groups (broad SMARTS) is 2. The number of ether oxygens (including phenoxy) is 1. The summed E-state index contributed by atoms with van der Waals surface area (Å²) in [6.45, 7) is 3.27. The molecule has 16 heteroatoms. The molecule has 1 aromatic heterocycles. The van der Waals surface area contributed by atoms with Crippen LogP contribution in [0.3, 0.4) is 0 Å². The Morgan fingerprint density at radius 1 is 1.37 bits per heavy atom. The molecule has 0 aliphatic carbocycles. The number of fused-ring (bicyclic) bond motifs is 1. The van der Waals surface area contributed by atoms with Crippen molar-refractivity contribution in [3.8, 4) is 0 Å². The number of hydrogen-bond donors (Lipinski definition) is 4. The number of carbonyl (C=O) groups excluding carboxylic acids is 3. The van der Waals surface area contributed by atoms with Gasteiger partial charge in [-0.05, 0) is 13.8 Å². The molecule has 0 unspecified atom stereocenters. The lowest BCUT2D eigenvalue weighted by Gasteiger charge is -2.49. The van der Waals surface area contributed by atoms with E-state index in [9.17, 15) is 34.2 Å². The molecule has 0 radical (unpaired) electrons. The Bertz CT molecular complexity index is 1160. The minimum absolute atomic E-state index is 0.131. The van der Waals surface area contributed by atoms with Gasteiger partial charge in [-0.3, -0.25) is 19.3 Å². The van der Waals surface area contributed by atoms with Crippen molar-refractivity contribution < 1.29 is 48.2 Å². The number of oxime groups is 1. The van der Waals surface area contributed by atoms with Gasteiger partial charge in [0.05, 0.1) is 0 Å². The first-order valence-corrected chi connectivity index (χ1v) is 10.9. The summed E-state index contributed by atoms with van der Waals surface area (Å²) in [5.74, 6) is -4.92. The quantitative estimate of drug-likeness (QED) is 0.137. The lowest BCUT2D eigenvalue weighted by molar-refractivity contribution is -0.161. The van der Waals surface area contributed by atoms with Gasteiger partial charge in [0, 0.05) is 18.2 Å². The third-order valence-corrected chi connectivity index (χ3v) is 6.19.